The predicted molar refractivity (Wildman–Crippen MR) is 125 cm³/mol. The maximum absolute atomic E-state index is 12.4. The van der Waals surface area contributed by atoms with Gasteiger partial charge in [-0.1, -0.05) is 19.1 Å². The van der Waals surface area contributed by atoms with Crippen molar-refractivity contribution in [2.75, 3.05) is 26.2 Å². The average Bonchev–Trinajstić information content (AvgIpc) is 2.63. The highest BCUT2D eigenvalue weighted by Gasteiger charge is 2.30. The summed E-state index contributed by atoms with van der Waals surface area (Å²) in [6.45, 7) is 19.9. The molecule has 0 bridgehead atoms. The lowest BCUT2D eigenvalue weighted by atomic mass is 9.87. The summed E-state index contributed by atoms with van der Waals surface area (Å²) in [6.07, 6.45) is 6.44. The van der Waals surface area contributed by atoms with Crippen molar-refractivity contribution in [1.82, 2.24) is 9.80 Å². The van der Waals surface area contributed by atoms with Gasteiger partial charge in [-0.05, 0) is 67.4 Å². The molecule has 0 saturated carbocycles. The molecular weight excluding hydrogens is 378 g/mol. The molecule has 1 fully saturated rings. The quantitative estimate of drug-likeness (QED) is 0.490. The first kappa shape index (κ1) is 26.0. The van der Waals surface area contributed by atoms with Crippen LogP contribution in [0.3, 0.4) is 0 Å². The summed E-state index contributed by atoms with van der Waals surface area (Å²) in [5.41, 5.74) is 2.23. The number of carbonyl (C=O) groups is 1. The van der Waals surface area contributed by atoms with Crippen molar-refractivity contribution in [2.24, 2.45) is 4.99 Å². The van der Waals surface area contributed by atoms with Crippen LogP contribution in [0.5, 0.6) is 0 Å². The van der Waals surface area contributed by atoms with Gasteiger partial charge in [0, 0.05) is 49.4 Å². The number of amides is 1. The molecule has 1 aliphatic heterocycles. The monoisotopic (exact) mass is 419 g/mol. The number of allylic oxidation sites excluding steroid dienone is 3. The molecule has 0 spiro atoms. The van der Waals surface area contributed by atoms with Gasteiger partial charge in [0.2, 0.25) is 0 Å². The van der Waals surface area contributed by atoms with E-state index in [0.29, 0.717) is 26.2 Å². The number of aliphatic imine (C=N–C) groups is 1. The van der Waals surface area contributed by atoms with Crippen LogP contribution in [0.25, 0.3) is 0 Å². The van der Waals surface area contributed by atoms with Crippen LogP contribution >= 0.6 is 0 Å². The lowest BCUT2D eigenvalue weighted by Crippen LogP contribution is -2.49. The Morgan fingerprint density at radius 1 is 1.07 bits per heavy atom. The summed E-state index contributed by atoms with van der Waals surface area (Å²) >= 11 is 0. The highest BCUT2D eigenvalue weighted by atomic mass is 16.6. The largest absolute Gasteiger partial charge is 0.444 e. The van der Waals surface area contributed by atoms with Crippen LogP contribution in [0.4, 0.5) is 4.79 Å². The topological polar surface area (TPSA) is 65.4 Å². The molecule has 1 amide bonds. The first-order chi connectivity index (χ1) is 13.8. The van der Waals surface area contributed by atoms with Crippen molar-refractivity contribution in [2.45, 2.75) is 79.9 Å². The minimum atomic E-state index is -0.991. The molecule has 1 rings (SSSR count). The van der Waals surface area contributed by atoms with Crippen LogP contribution in [0.15, 0.2) is 40.2 Å². The fourth-order valence-electron chi connectivity index (χ4n) is 3.50. The molecule has 1 heterocycles. The third-order valence-electron chi connectivity index (χ3n) is 4.96. The summed E-state index contributed by atoms with van der Waals surface area (Å²) in [5, 5.41) is 10.8. The van der Waals surface area contributed by atoms with E-state index in [-0.39, 0.29) is 6.09 Å². The minimum Gasteiger partial charge on any atom is -0.444 e. The first-order valence-electron chi connectivity index (χ1n) is 10.8. The van der Waals surface area contributed by atoms with Gasteiger partial charge in [-0.25, -0.2) is 4.79 Å². The highest BCUT2D eigenvalue weighted by Crippen LogP contribution is 2.29. The Labute approximate surface area is 183 Å². The zero-order valence-electron chi connectivity index (χ0n) is 20.4. The Kier molecular flexibility index (Phi) is 9.35. The number of nitrogens with zero attached hydrogens (tertiary/aromatic N) is 3. The van der Waals surface area contributed by atoms with Gasteiger partial charge in [0.25, 0.3) is 0 Å². The molecule has 1 N–H and O–H groups in total. The smallest absolute Gasteiger partial charge is 0.410 e. The molecule has 0 atom stereocenters. The average molecular weight is 420 g/mol. The van der Waals surface area contributed by atoms with Crippen molar-refractivity contribution in [3.63, 3.8) is 0 Å². The molecule has 0 unspecified atom stereocenters. The van der Waals surface area contributed by atoms with Gasteiger partial charge >= 0.3 is 6.09 Å². The van der Waals surface area contributed by atoms with E-state index < -0.39 is 11.2 Å². The molecule has 1 aliphatic rings. The lowest BCUT2D eigenvalue weighted by molar-refractivity contribution is 0.0168. The zero-order chi connectivity index (χ0) is 23.1. The van der Waals surface area contributed by atoms with E-state index in [1.165, 1.54) is 0 Å². The van der Waals surface area contributed by atoms with Crippen molar-refractivity contribution in [3.8, 4) is 0 Å². The predicted octanol–water partition coefficient (Wildman–Crippen LogP) is 4.91. The van der Waals surface area contributed by atoms with Gasteiger partial charge in [-0.2, -0.15) is 0 Å². The number of aliphatic hydroxyl groups is 1. The molecule has 30 heavy (non-hydrogen) atoms. The van der Waals surface area contributed by atoms with Crippen LogP contribution in [0, 0.1) is 0 Å². The van der Waals surface area contributed by atoms with Crippen LogP contribution in [0.1, 0.15) is 68.7 Å². The van der Waals surface area contributed by atoms with Crippen molar-refractivity contribution in [1.29, 1.82) is 0 Å². The zero-order valence-corrected chi connectivity index (χ0v) is 20.4. The maximum Gasteiger partial charge on any atom is 0.410 e. The molecule has 0 radical (unpaired) electrons. The van der Waals surface area contributed by atoms with E-state index in [9.17, 15) is 9.90 Å². The standard InChI is InChI=1S/C24H41N3O3/c1-10-12-13-25-18(3)21(20(11-2)24(8,9)29)19(4)26-14-16-27(17-15-26)22(28)30-23(5,6)7/h11-13,29H,10,14-17H2,1-9H3/b13-12+,20-11+,21-19-,25-18+. The van der Waals surface area contributed by atoms with Gasteiger partial charge < -0.3 is 19.6 Å². The molecule has 6 heteroatoms. The number of hydrogen-bond acceptors (Lipinski definition) is 5. The molecule has 0 aliphatic carbocycles. The Morgan fingerprint density at radius 2 is 1.60 bits per heavy atom. The van der Waals surface area contributed by atoms with Gasteiger partial charge in [-0.3, -0.25) is 4.99 Å². The number of ether oxygens (including phenoxy) is 1. The molecule has 1 saturated heterocycles. The van der Waals surface area contributed by atoms with Crippen molar-refractivity contribution < 1.29 is 14.6 Å². The molecular formula is C24H41N3O3. The molecule has 6 nitrogen and oxygen atoms in total. The van der Waals surface area contributed by atoms with Crippen molar-refractivity contribution in [3.05, 3.63) is 35.2 Å². The highest BCUT2D eigenvalue weighted by molar-refractivity contribution is 6.03. The maximum atomic E-state index is 12.4. The van der Waals surface area contributed by atoms with E-state index in [2.05, 4.69) is 23.7 Å². The Hall–Kier alpha value is -2.08. The van der Waals surface area contributed by atoms with Crippen LogP contribution in [-0.4, -0.2) is 64.1 Å². The second-order valence-electron chi connectivity index (χ2n) is 9.18. The molecule has 0 aromatic heterocycles. The Morgan fingerprint density at radius 3 is 2.03 bits per heavy atom. The second-order valence-corrected chi connectivity index (χ2v) is 9.18. The van der Waals surface area contributed by atoms with Gasteiger partial charge in [0.05, 0.1) is 5.60 Å². The van der Waals surface area contributed by atoms with E-state index in [0.717, 1.165) is 29.0 Å². The Bertz CT molecular complexity index is 711. The SMILES string of the molecule is C\C=C(C(/C(C)=N/C=C/CC)=C(/C)N1CCN(C(=O)OC(C)(C)C)CC1)\C(C)(C)O. The van der Waals surface area contributed by atoms with Gasteiger partial charge in [0.15, 0.2) is 0 Å². The van der Waals surface area contributed by atoms with Crippen molar-refractivity contribution >= 4 is 11.8 Å². The Balaban J connectivity index is 3.17. The fourth-order valence-corrected chi connectivity index (χ4v) is 3.50. The van der Waals surface area contributed by atoms with E-state index in [1.807, 2.05) is 53.0 Å². The second kappa shape index (κ2) is 10.8. The first-order valence-corrected chi connectivity index (χ1v) is 10.8. The third-order valence-corrected chi connectivity index (χ3v) is 4.96. The van der Waals surface area contributed by atoms with E-state index in [4.69, 9.17) is 4.74 Å². The van der Waals surface area contributed by atoms with Gasteiger partial charge in [-0.15, -0.1) is 0 Å². The van der Waals surface area contributed by atoms with E-state index in [1.54, 1.807) is 18.7 Å². The third kappa shape index (κ3) is 7.63. The lowest BCUT2D eigenvalue weighted by Gasteiger charge is -2.38. The summed E-state index contributed by atoms with van der Waals surface area (Å²) < 4.78 is 5.50. The molecule has 0 aromatic rings. The van der Waals surface area contributed by atoms with Crippen LogP contribution in [0.2, 0.25) is 0 Å². The van der Waals surface area contributed by atoms with E-state index >= 15 is 0 Å². The minimum absolute atomic E-state index is 0.267. The van der Waals surface area contributed by atoms with Gasteiger partial charge in [0.1, 0.15) is 5.60 Å². The molecule has 0 aromatic carbocycles. The summed E-state index contributed by atoms with van der Waals surface area (Å²) in [7, 11) is 0. The van der Waals surface area contributed by atoms with Crippen LogP contribution < -0.4 is 0 Å². The summed E-state index contributed by atoms with van der Waals surface area (Å²) in [5.74, 6) is 0. The normalized spacial score (nSPS) is 18.1. The fraction of sp³-hybridized carbons (Fsp3) is 0.667. The number of carbonyl (C=O) groups excluding carboxylic acids is 1. The van der Waals surface area contributed by atoms with Crippen LogP contribution in [-0.2, 0) is 4.74 Å². The summed E-state index contributed by atoms with van der Waals surface area (Å²) in [4.78, 5) is 21.0. The molecule has 170 valence electrons. The number of piperazine rings is 1. The number of hydrogen-bond donors (Lipinski definition) is 1. The summed E-state index contributed by atoms with van der Waals surface area (Å²) in [6, 6.07) is 0. The number of rotatable bonds is 6.